The first-order valence-corrected chi connectivity index (χ1v) is 7.38. The number of fused-ring (bicyclic) bond motifs is 1. The molecule has 2 aromatic heterocycles. The van der Waals surface area contributed by atoms with Crippen LogP contribution in [0.25, 0.3) is 10.2 Å². The Kier molecular flexibility index (Phi) is 3.82. The Labute approximate surface area is 133 Å². The van der Waals surface area contributed by atoms with Crippen molar-refractivity contribution in [3.05, 3.63) is 57.1 Å². The van der Waals surface area contributed by atoms with Gasteiger partial charge < -0.3 is 14.8 Å². The number of hydrogen-bond acceptors (Lipinski definition) is 5. The molecule has 0 fully saturated rings. The van der Waals surface area contributed by atoms with Crippen molar-refractivity contribution in [2.24, 2.45) is 0 Å². The molecule has 22 heavy (non-hydrogen) atoms. The number of aromatic nitrogens is 2. The lowest BCUT2D eigenvalue weighted by Crippen LogP contribution is -2.10. The fourth-order valence-corrected chi connectivity index (χ4v) is 3.12. The molecule has 0 aliphatic rings. The first-order chi connectivity index (χ1) is 10.5. The number of carboxylic acid groups (broad SMARTS) is 1. The van der Waals surface area contributed by atoms with Gasteiger partial charge in [-0.2, -0.15) is 0 Å². The van der Waals surface area contributed by atoms with E-state index in [2.05, 4.69) is 14.7 Å². The van der Waals surface area contributed by atoms with Gasteiger partial charge in [-0.15, -0.1) is 0 Å². The van der Waals surface area contributed by atoms with Gasteiger partial charge in [-0.05, 0) is 17.7 Å². The molecule has 0 aliphatic carbocycles. The van der Waals surface area contributed by atoms with Gasteiger partial charge in [0.1, 0.15) is 10.7 Å². The Morgan fingerprint density at radius 2 is 2.23 bits per heavy atom. The second kappa shape index (κ2) is 5.78. The van der Waals surface area contributed by atoms with Crippen LogP contribution in [0.2, 0.25) is 5.02 Å². The summed E-state index contributed by atoms with van der Waals surface area (Å²) in [6, 6.07) is 8.61. The molecule has 8 heteroatoms. The third kappa shape index (κ3) is 3.10. The molecule has 112 valence electrons. The van der Waals surface area contributed by atoms with E-state index in [9.17, 15) is 9.59 Å². The minimum atomic E-state index is -1.43. The topological polar surface area (TPSA) is 92.3 Å². The highest BCUT2D eigenvalue weighted by atomic mass is 35.5. The Morgan fingerprint density at radius 1 is 1.41 bits per heavy atom. The Morgan fingerprint density at radius 3 is 2.95 bits per heavy atom. The highest BCUT2D eigenvalue weighted by Crippen LogP contribution is 2.28. The van der Waals surface area contributed by atoms with E-state index in [0.29, 0.717) is 27.5 Å². The predicted molar refractivity (Wildman–Crippen MR) is 83.2 cm³/mol. The lowest BCUT2D eigenvalue weighted by atomic mass is 10.1. The molecular weight excluding hydrogens is 328 g/mol. The number of rotatable bonds is 3. The van der Waals surface area contributed by atoms with Crippen LogP contribution in [-0.2, 0) is 6.42 Å². The van der Waals surface area contributed by atoms with E-state index < -0.39 is 6.16 Å². The van der Waals surface area contributed by atoms with E-state index in [4.69, 9.17) is 16.7 Å². The molecule has 0 amide bonds. The molecule has 0 aliphatic heterocycles. The van der Waals surface area contributed by atoms with Gasteiger partial charge in [-0.3, -0.25) is 4.79 Å². The summed E-state index contributed by atoms with van der Waals surface area (Å²) in [4.78, 5) is 30.0. The van der Waals surface area contributed by atoms with E-state index in [0.717, 1.165) is 16.9 Å². The number of nitrogens with zero attached hydrogens (tertiary/aromatic N) is 1. The predicted octanol–water partition coefficient (Wildman–Crippen LogP) is 3.29. The second-order valence-corrected chi connectivity index (χ2v) is 5.90. The number of thiophene rings is 1. The second-order valence-electron chi connectivity index (χ2n) is 4.47. The quantitative estimate of drug-likeness (QED) is 0.716. The summed E-state index contributed by atoms with van der Waals surface area (Å²) in [7, 11) is 0. The number of nitrogens with one attached hydrogen (secondary N) is 1. The highest BCUT2D eigenvalue weighted by Gasteiger charge is 2.12. The largest absolute Gasteiger partial charge is 0.512 e. The van der Waals surface area contributed by atoms with Gasteiger partial charge >= 0.3 is 6.16 Å². The summed E-state index contributed by atoms with van der Waals surface area (Å²) in [5.41, 5.74) is 0.576. The third-order valence-electron chi connectivity index (χ3n) is 2.88. The maximum atomic E-state index is 12.0. The first kappa shape index (κ1) is 14.6. The van der Waals surface area contributed by atoms with Crippen LogP contribution in [0.3, 0.4) is 0 Å². The van der Waals surface area contributed by atoms with Gasteiger partial charge in [-0.25, -0.2) is 9.78 Å². The molecule has 1 aromatic carbocycles. The monoisotopic (exact) mass is 336 g/mol. The fourth-order valence-electron chi connectivity index (χ4n) is 2.01. The van der Waals surface area contributed by atoms with Crippen LogP contribution in [0, 0.1) is 0 Å². The van der Waals surface area contributed by atoms with E-state index in [1.807, 2.05) is 12.1 Å². The standard InChI is InChI=1S/C14H9ClN2O4S/c15-8-3-1-2-7(4-8)5-10-16-12(18)9-6-11(21-14(19)20)22-13(9)17-10/h1-4,6H,5H2,(H,19,20)(H,16,17,18). The van der Waals surface area contributed by atoms with Crippen molar-refractivity contribution in [1.82, 2.24) is 9.97 Å². The van der Waals surface area contributed by atoms with E-state index >= 15 is 0 Å². The molecule has 0 atom stereocenters. The average molecular weight is 337 g/mol. The number of ether oxygens (including phenoxy) is 1. The number of carbonyl (C=O) groups is 1. The van der Waals surface area contributed by atoms with Crippen LogP contribution in [0.15, 0.2) is 35.1 Å². The summed E-state index contributed by atoms with van der Waals surface area (Å²) in [6.45, 7) is 0. The molecular formula is C14H9ClN2O4S. The van der Waals surface area contributed by atoms with E-state index in [-0.39, 0.29) is 10.6 Å². The molecule has 0 saturated heterocycles. The average Bonchev–Trinajstić information content (AvgIpc) is 2.80. The molecule has 6 nitrogen and oxygen atoms in total. The van der Waals surface area contributed by atoms with Crippen molar-refractivity contribution in [3.63, 3.8) is 0 Å². The van der Waals surface area contributed by atoms with Crippen LogP contribution in [-0.4, -0.2) is 21.2 Å². The van der Waals surface area contributed by atoms with Crippen molar-refractivity contribution in [3.8, 4) is 5.06 Å². The number of aromatic amines is 1. The normalized spacial score (nSPS) is 10.8. The fraction of sp³-hybridized carbons (Fsp3) is 0.0714. The van der Waals surface area contributed by atoms with Gasteiger partial charge in [0.25, 0.3) is 5.56 Å². The zero-order valence-electron chi connectivity index (χ0n) is 11.0. The van der Waals surface area contributed by atoms with Crippen LogP contribution >= 0.6 is 22.9 Å². The zero-order valence-corrected chi connectivity index (χ0v) is 12.6. The Bertz CT molecular complexity index is 919. The number of benzene rings is 1. The lowest BCUT2D eigenvalue weighted by molar-refractivity contribution is 0.146. The van der Waals surface area contributed by atoms with Crippen LogP contribution in [0.5, 0.6) is 5.06 Å². The van der Waals surface area contributed by atoms with Crippen LogP contribution < -0.4 is 10.3 Å². The van der Waals surface area contributed by atoms with Gasteiger partial charge in [0.05, 0.1) is 5.39 Å². The van der Waals surface area contributed by atoms with Crippen molar-refractivity contribution >= 4 is 39.3 Å². The molecule has 0 saturated carbocycles. The summed E-state index contributed by atoms with van der Waals surface area (Å²) in [6.07, 6.45) is -1.01. The number of H-pyrrole nitrogens is 1. The van der Waals surface area contributed by atoms with Gasteiger partial charge in [0.15, 0.2) is 5.06 Å². The molecule has 3 aromatic rings. The minimum absolute atomic E-state index is 0.111. The smallest absolute Gasteiger partial charge is 0.449 e. The Hall–Kier alpha value is -2.38. The molecule has 3 rings (SSSR count). The third-order valence-corrected chi connectivity index (χ3v) is 4.02. The summed E-state index contributed by atoms with van der Waals surface area (Å²) in [5, 5.41) is 9.62. The Balaban J connectivity index is 1.97. The maximum Gasteiger partial charge on any atom is 0.512 e. The SMILES string of the molecule is O=C(O)Oc1cc2c(=O)[nH]c(Cc3cccc(Cl)c3)nc2s1. The van der Waals surface area contributed by atoms with E-state index in [1.54, 1.807) is 12.1 Å². The van der Waals surface area contributed by atoms with E-state index in [1.165, 1.54) is 6.07 Å². The molecule has 0 unspecified atom stereocenters. The zero-order chi connectivity index (χ0) is 15.7. The summed E-state index contributed by atoms with van der Waals surface area (Å²) < 4.78 is 4.55. The van der Waals surface area contributed by atoms with Crippen LogP contribution in [0.1, 0.15) is 11.4 Å². The van der Waals surface area contributed by atoms with Gasteiger partial charge in [0.2, 0.25) is 0 Å². The molecule has 0 radical (unpaired) electrons. The maximum absolute atomic E-state index is 12.0. The molecule has 0 bridgehead atoms. The molecule has 0 spiro atoms. The first-order valence-electron chi connectivity index (χ1n) is 6.19. The summed E-state index contributed by atoms with van der Waals surface area (Å²) in [5.74, 6) is 0.475. The van der Waals surface area contributed by atoms with Crippen LogP contribution in [0.4, 0.5) is 4.79 Å². The van der Waals surface area contributed by atoms with Gasteiger partial charge in [0, 0.05) is 17.5 Å². The van der Waals surface area contributed by atoms with Crippen molar-refractivity contribution in [2.45, 2.75) is 6.42 Å². The molecule has 2 N–H and O–H groups in total. The van der Waals surface area contributed by atoms with Crippen molar-refractivity contribution < 1.29 is 14.6 Å². The highest BCUT2D eigenvalue weighted by molar-refractivity contribution is 7.20. The summed E-state index contributed by atoms with van der Waals surface area (Å²) >= 11 is 6.93. The lowest BCUT2D eigenvalue weighted by Gasteiger charge is -2.01. The van der Waals surface area contributed by atoms with Crippen molar-refractivity contribution in [2.75, 3.05) is 0 Å². The number of halogens is 1. The van der Waals surface area contributed by atoms with Gasteiger partial charge in [-0.1, -0.05) is 35.1 Å². The number of hydrogen-bond donors (Lipinski definition) is 2. The minimum Gasteiger partial charge on any atom is -0.449 e. The molecule has 2 heterocycles. The van der Waals surface area contributed by atoms with Crippen molar-refractivity contribution in [1.29, 1.82) is 0 Å².